The minimum absolute atomic E-state index is 0.0297. The maximum atomic E-state index is 11.2. The average Bonchev–Trinajstić information content (AvgIpc) is 2.04. The van der Waals surface area contributed by atoms with Crippen LogP contribution < -0.4 is 0 Å². The van der Waals surface area contributed by atoms with E-state index in [-0.39, 0.29) is 12.1 Å². The first-order chi connectivity index (χ1) is 6.09. The lowest BCUT2D eigenvalue weighted by Gasteiger charge is -2.19. The summed E-state index contributed by atoms with van der Waals surface area (Å²) in [5.74, 6) is -0.282. The molecule has 0 saturated carbocycles. The van der Waals surface area contributed by atoms with E-state index in [1.807, 2.05) is 6.08 Å². The Hall–Kier alpha value is -1.05. The van der Waals surface area contributed by atoms with Crippen molar-refractivity contribution in [3.63, 3.8) is 0 Å². The monoisotopic (exact) mass is 180 g/mol. The van der Waals surface area contributed by atoms with Crippen molar-refractivity contribution in [2.45, 2.75) is 39.2 Å². The largest absolute Gasteiger partial charge is 0.455 e. The van der Waals surface area contributed by atoms with Gasteiger partial charge in [-0.05, 0) is 39.2 Å². The number of hydrogen-bond acceptors (Lipinski definition) is 2. The maximum absolute atomic E-state index is 11.2. The molecule has 0 aromatic heterocycles. The molecule has 0 fully saturated rings. The van der Waals surface area contributed by atoms with Gasteiger partial charge in [0.25, 0.3) is 0 Å². The van der Waals surface area contributed by atoms with Gasteiger partial charge < -0.3 is 4.74 Å². The first-order valence-electron chi connectivity index (χ1n) is 4.63. The summed E-state index contributed by atoms with van der Waals surface area (Å²) in [5.41, 5.74) is 1.78. The van der Waals surface area contributed by atoms with Gasteiger partial charge in [0, 0.05) is 5.57 Å². The Morgan fingerprint density at radius 2 is 2.38 bits per heavy atom. The zero-order chi connectivity index (χ0) is 9.84. The Morgan fingerprint density at radius 1 is 1.69 bits per heavy atom. The van der Waals surface area contributed by atoms with Crippen LogP contribution in [0.1, 0.15) is 33.1 Å². The summed E-state index contributed by atoms with van der Waals surface area (Å²) in [6, 6.07) is 0. The first kappa shape index (κ1) is 10.0. The topological polar surface area (TPSA) is 26.3 Å². The smallest absolute Gasteiger partial charge is 0.333 e. The molecule has 1 unspecified atom stereocenters. The molecule has 1 aliphatic rings. The molecule has 0 aliphatic heterocycles. The summed E-state index contributed by atoms with van der Waals surface area (Å²) in [6.07, 6.45) is 5.18. The van der Waals surface area contributed by atoms with Crippen LogP contribution in [0.5, 0.6) is 0 Å². The minimum atomic E-state index is -0.282. The van der Waals surface area contributed by atoms with Gasteiger partial charge in [-0.1, -0.05) is 12.2 Å². The van der Waals surface area contributed by atoms with Gasteiger partial charge in [0.15, 0.2) is 0 Å². The molecule has 0 saturated heterocycles. The molecule has 0 heterocycles. The predicted octanol–water partition coefficient (Wildman–Crippen LogP) is 2.60. The lowest BCUT2D eigenvalue weighted by molar-refractivity contribution is -0.142. The highest BCUT2D eigenvalue weighted by Gasteiger charge is 2.15. The molecular weight excluding hydrogens is 164 g/mol. The highest BCUT2D eigenvalue weighted by atomic mass is 16.5. The van der Waals surface area contributed by atoms with Crippen LogP contribution in [0, 0.1) is 0 Å². The predicted molar refractivity (Wildman–Crippen MR) is 52.3 cm³/mol. The molecular formula is C11H16O2. The van der Waals surface area contributed by atoms with Crippen LogP contribution >= 0.6 is 0 Å². The second-order valence-corrected chi connectivity index (χ2v) is 3.63. The molecule has 1 rings (SSSR count). The van der Waals surface area contributed by atoms with Gasteiger partial charge in [-0.25, -0.2) is 4.79 Å². The van der Waals surface area contributed by atoms with E-state index in [4.69, 9.17) is 4.74 Å². The van der Waals surface area contributed by atoms with E-state index in [1.165, 1.54) is 5.57 Å². The van der Waals surface area contributed by atoms with Crippen LogP contribution in [0.2, 0.25) is 0 Å². The third kappa shape index (κ3) is 3.05. The fourth-order valence-corrected chi connectivity index (χ4v) is 1.40. The maximum Gasteiger partial charge on any atom is 0.333 e. The Bertz CT molecular complexity index is 251. The summed E-state index contributed by atoms with van der Waals surface area (Å²) in [6.45, 7) is 7.28. The standard InChI is InChI=1S/C11H16O2/c1-8(2)11(12)13-10-6-4-5-9(3)7-10/h7,10H,1,4-6H2,2-3H3. The lowest BCUT2D eigenvalue weighted by atomic mass is 9.99. The Balaban J connectivity index is 2.50. The summed E-state index contributed by atoms with van der Waals surface area (Å²) >= 11 is 0. The molecule has 0 N–H and O–H groups in total. The van der Waals surface area contributed by atoms with Crippen LogP contribution in [0.15, 0.2) is 23.8 Å². The summed E-state index contributed by atoms with van der Waals surface area (Å²) in [4.78, 5) is 11.2. The van der Waals surface area contributed by atoms with Crippen molar-refractivity contribution in [1.82, 2.24) is 0 Å². The van der Waals surface area contributed by atoms with Crippen molar-refractivity contribution in [2.75, 3.05) is 0 Å². The van der Waals surface area contributed by atoms with E-state index in [0.29, 0.717) is 5.57 Å². The number of rotatable bonds is 2. The first-order valence-corrected chi connectivity index (χ1v) is 4.63. The fraction of sp³-hybridized carbons (Fsp3) is 0.545. The normalized spacial score (nSPS) is 22.0. The number of hydrogen-bond donors (Lipinski definition) is 0. The van der Waals surface area contributed by atoms with Crippen molar-refractivity contribution >= 4 is 5.97 Å². The molecule has 2 heteroatoms. The lowest BCUT2D eigenvalue weighted by Crippen LogP contribution is -2.19. The van der Waals surface area contributed by atoms with Gasteiger partial charge in [0.1, 0.15) is 6.10 Å². The zero-order valence-corrected chi connectivity index (χ0v) is 8.30. The number of ether oxygens (including phenoxy) is 1. The molecule has 1 aliphatic carbocycles. The number of allylic oxidation sites excluding steroid dienone is 1. The van der Waals surface area contributed by atoms with Gasteiger partial charge in [0.2, 0.25) is 0 Å². The molecule has 0 radical (unpaired) electrons. The minimum Gasteiger partial charge on any atom is -0.455 e. The van der Waals surface area contributed by atoms with Gasteiger partial charge in [-0.15, -0.1) is 0 Å². The van der Waals surface area contributed by atoms with Crippen molar-refractivity contribution in [3.05, 3.63) is 23.8 Å². The number of carbonyl (C=O) groups is 1. The van der Waals surface area contributed by atoms with Crippen LogP contribution in [0.3, 0.4) is 0 Å². The molecule has 0 aromatic rings. The van der Waals surface area contributed by atoms with Crippen molar-refractivity contribution in [2.24, 2.45) is 0 Å². The number of carbonyl (C=O) groups excluding carboxylic acids is 1. The molecule has 13 heavy (non-hydrogen) atoms. The van der Waals surface area contributed by atoms with E-state index in [2.05, 4.69) is 13.5 Å². The molecule has 1 atom stereocenters. The third-order valence-electron chi connectivity index (χ3n) is 2.14. The van der Waals surface area contributed by atoms with E-state index in [1.54, 1.807) is 6.92 Å². The molecule has 0 amide bonds. The highest BCUT2D eigenvalue weighted by molar-refractivity contribution is 5.87. The quantitative estimate of drug-likeness (QED) is 0.371. The molecule has 72 valence electrons. The highest BCUT2D eigenvalue weighted by Crippen LogP contribution is 2.20. The van der Waals surface area contributed by atoms with Gasteiger partial charge in [0.05, 0.1) is 0 Å². The summed E-state index contributed by atoms with van der Waals surface area (Å²) < 4.78 is 5.21. The van der Waals surface area contributed by atoms with Crippen LogP contribution in [-0.2, 0) is 9.53 Å². The summed E-state index contributed by atoms with van der Waals surface area (Å²) in [5, 5.41) is 0. The van der Waals surface area contributed by atoms with E-state index >= 15 is 0 Å². The summed E-state index contributed by atoms with van der Waals surface area (Å²) in [7, 11) is 0. The van der Waals surface area contributed by atoms with Crippen LogP contribution in [0.25, 0.3) is 0 Å². The second-order valence-electron chi connectivity index (χ2n) is 3.63. The van der Waals surface area contributed by atoms with E-state index < -0.39 is 0 Å². The van der Waals surface area contributed by atoms with E-state index in [9.17, 15) is 4.79 Å². The van der Waals surface area contributed by atoms with Crippen LogP contribution in [-0.4, -0.2) is 12.1 Å². The van der Waals surface area contributed by atoms with Gasteiger partial charge in [-0.3, -0.25) is 0 Å². The fourth-order valence-electron chi connectivity index (χ4n) is 1.40. The zero-order valence-electron chi connectivity index (χ0n) is 8.30. The van der Waals surface area contributed by atoms with Crippen LogP contribution in [0.4, 0.5) is 0 Å². The van der Waals surface area contributed by atoms with Gasteiger partial charge >= 0.3 is 5.97 Å². The molecule has 0 aromatic carbocycles. The van der Waals surface area contributed by atoms with E-state index in [0.717, 1.165) is 19.3 Å². The SMILES string of the molecule is C=C(C)C(=O)OC1C=C(C)CCC1. The Morgan fingerprint density at radius 3 is 2.92 bits per heavy atom. The Kier molecular flexibility index (Phi) is 3.29. The third-order valence-corrected chi connectivity index (χ3v) is 2.14. The second kappa shape index (κ2) is 4.26. The van der Waals surface area contributed by atoms with Crippen molar-refractivity contribution < 1.29 is 9.53 Å². The molecule has 2 nitrogen and oxygen atoms in total. The van der Waals surface area contributed by atoms with Crippen molar-refractivity contribution in [1.29, 1.82) is 0 Å². The number of esters is 1. The molecule has 0 spiro atoms. The van der Waals surface area contributed by atoms with Crippen molar-refractivity contribution in [3.8, 4) is 0 Å². The molecule has 0 bridgehead atoms. The average molecular weight is 180 g/mol. The van der Waals surface area contributed by atoms with Gasteiger partial charge in [-0.2, -0.15) is 0 Å². The Labute approximate surface area is 79.3 Å².